The molecule has 0 unspecified atom stereocenters. The maximum Gasteiger partial charge on any atom is 0.132 e. The van der Waals surface area contributed by atoms with E-state index in [-0.39, 0.29) is 0 Å². The minimum atomic E-state index is 0.594. The van der Waals surface area contributed by atoms with E-state index >= 15 is 0 Å². The first-order chi connectivity index (χ1) is 5.36. The van der Waals surface area contributed by atoms with E-state index in [0.717, 1.165) is 18.9 Å². The molecule has 0 saturated carbocycles. The number of nitrogens with zero attached hydrogens (tertiary/aromatic N) is 1. The van der Waals surface area contributed by atoms with E-state index in [1.165, 1.54) is 5.69 Å². The second kappa shape index (κ2) is 4.13. The van der Waals surface area contributed by atoms with Gasteiger partial charge in [0.2, 0.25) is 0 Å². The van der Waals surface area contributed by atoms with Gasteiger partial charge >= 0.3 is 0 Å². The molecule has 0 saturated heterocycles. The Morgan fingerprint density at radius 2 is 2.36 bits per heavy atom. The van der Waals surface area contributed by atoms with E-state index in [0.29, 0.717) is 6.61 Å². The van der Waals surface area contributed by atoms with Gasteiger partial charge in [0.05, 0.1) is 0 Å². The zero-order chi connectivity index (χ0) is 8.10. The third-order valence-corrected chi connectivity index (χ3v) is 1.50. The van der Waals surface area contributed by atoms with Crippen molar-refractivity contribution in [2.75, 3.05) is 6.61 Å². The number of rotatable bonds is 4. The van der Waals surface area contributed by atoms with Gasteiger partial charge in [-0.05, 0) is 13.3 Å². The van der Waals surface area contributed by atoms with Crippen LogP contribution in [-0.2, 0) is 17.8 Å². The van der Waals surface area contributed by atoms with Crippen LogP contribution in [0.1, 0.15) is 25.4 Å². The van der Waals surface area contributed by atoms with Crippen LogP contribution in [0.25, 0.3) is 0 Å². The first kappa shape index (κ1) is 8.27. The smallest absolute Gasteiger partial charge is 0.132 e. The molecular weight excluding hydrogens is 140 g/mol. The van der Waals surface area contributed by atoms with Crippen LogP contribution in [0, 0.1) is 0 Å². The van der Waals surface area contributed by atoms with E-state index in [1.54, 1.807) is 0 Å². The normalized spacial score (nSPS) is 10.4. The average Bonchev–Trinajstić information content (AvgIpc) is 2.48. The molecule has 3 nitrogen and oxygen atoms in total. The molecule has 0 aliphatic heterocycles. The predicted molar refractivity (Wildman–Crippen MR) is 43.3 cm³/mol. The molecule has 0 bridgehead atoms. The summed E-state index contributed by atoms with van der Waals surface area (Å²) in [6.07, 6.45) is 2.85. The SMILES string of the molecule is CCOCc1ncc(CC)[nH]1. The molecule has 1 aromatic heterocycles. The molecule has 11 heavy (non-hydrogen) atoms. The van der Waals surface area contributed by atoms with Crippen LogP contribution in [0.3, 0.4) is 0 Å². The monoisotopic (exact) mass is 154 g/mol. The van der Waals surface area contributed by atoms with Crippen molar-refractivity contribution in [2.45, 2.75) is 26.9 Å². The molecule has 1 N–H and O–H groups in total. The van der Waals surface area contributed by atoms with Crippen molar-refractivity contribution in [1.82, 2.24) is 9.97 Å². The van der Waals surface area contributed by atoms with Crippen molar-refractivity contribution in [3.05, 3.63) is 17.7 Å². The third-order valence-electron chi connectivity index (χ3n) is 1.50. The molecule has 1 rings (SSSR count). The number of aryl methyl sites for hydroxylation is 1. The number of nitrogens with one attached hydrogen (secondary N) is 1. The second-order valence-corrected chi connectivity index (χ2v) is 2.35. The quantitative estimate of drug-likeness (QED) is 0.713. The number of aromatic amines is 1. The van der Waals surface area contributed by atoms with Gasteiger partial charge in [-0.1, -0.05) is 6.92 Å². The lowest BCUT2D eigenvalue weighted by Crippen LogP contribution is -1.93. The highest BCUT2D eigenvalue weighted by Gasteiger charge is 1.96. The number of ether oxygens (including phenoxy) is 1. The number of hydrogen-bond acceptors (Lipinski definition) is 2. The Balaban J connectivity index is 2.44. The molecule has 0 radical (unpaired) electrons. The first-order valence-corrected chi connectivity index (χ1v) is 3.97. The zero-order valence-corrected chi connectivity index (χ0v) is 7.05. The lowest BCUT2D eigenvalue weighted by molar-refractivity contribution is 0.129. The van der Waals surface area contributed by atoms with Gasteiger partial charge in [0.25, 0.3) is 0 Å². The summed E-state index contributed by atoms with van der Waals surface area (Å²) >= 11 is 0. The Morgan fingerprint density at radius 1 is 1.55 bits per heavy atom. The van der Waals surface area contributed by atoms with Crippen molar-refractivity contribution in [1.29, 1.82) is 0 Å². The van der Waals surface area contributed by atoms with Gasteiger partial charge in [0.1, 0.15) is 12.4 Å². The molecule has 3 heteroatoms. The van der Waals surface area contributed by atoms with E-state index in [1.807, 2.05) is 13.1 Å². The lowest BCUT2D eigenvalue weighted by atomic mass is 10.4. The van der Waals surface area contributed by atoms with Crippen LogP contribution in [0.4, 0.5) is 0 Å². The number of hydrogen-bond donors (Lipinski definition) is 1. The minimum absolute atomic E-state index is 0.594. The number of imidazole rings is 1. The highest BCUT2D eigenvalue weighted by Crippen LogP contribution is 1.98. The largest absolute Gasteiger partial charge is 0.374 e. The number of aromatic nitrogens is 2. The van der Waals surface area contributed by atoms with E-state index in [9.17, 15) is 0 Å². The van der Waals surface area contributed by atoms with Crippen LogP contribution in [-0.4, -0.2) is 16.6 Å². The maximum atomic E-state index is 5.18. The molecule has 0 aliphatic carbocycles. The summed E-state index contributed by atoms with van der Waals surface area (Å²) < 4.78 is 5.18. The van der Waals surface area contributed by atoms with Gasteiger partial charge in [-0.2, -0.15) is 0 Å². The Kier molecular flexibility index (Phi) is 3.11. The Hall–Kier alpha value is -0.830. The van der Waals surface area contributed by atoms with Gasteiger partial charge in [-0.15, -0.1) is 0 Å². The zero-order valence-electron chi connectivity index (χ0n) is 7.05. The highest BCUT2D eigenvalue weighted by atomic mass is 16.5. The van der Waals surface area contributed by atoms with Crippen LogP contribution < -0.4 is 0 Å². The molecule has 0 fully saturated rings. The van der Waals surface area contributed by atoms with Gasteiger partial charge in [-0.3, -0.25) is 0 Å². The molecule has 0 aromatic carbocycles. The topological polar surface area (TPSA) is 37.9 Å². The van der Waals surface area contributed by atoms with Crippen molar-refractivity contribution in [3.63, 3.8) is 0 Å². The number of H-pyrrole nitrogens is 1. The Bertz CT molecular complexity index is 208. The van der Waals surface area contributed by atoms with Crippen LogP contribution in [0.15, 0.2) is 6.20 Å². The fourth-order valence-electron chi connectivity index (χ4n) is 0.857. The lowest BCUT2D eigenvalue weighted by Gasteiger charge is -1.95. The summed E-state index contributed by atoms with van der Waals surface area (Å²) in [6, 6.07) is 0. The summed E-state index contributed by atoms with van der Waals surface area (Å²) in [6.45, 7) is 5.40. The summed E-state index contributed by atoms with van der Waals surface area (Å²) in [5.74, 6) is 0.920. The molecule has 0 amide bonds. The molecule has 0 spiro atoms. The first-order valence-electron chi connectivity index (χ1n) is 3.97. The van der Waals surface area contributed by atoms with Crippen LogP contribution in [0.5, 0.6) is 0 Å². The van der Waals surface area contributed by atoms with E-state index in [2.05, 4.69) is 16.9 Å². The molecule has 1 aromatic rings. The van der Waals surface area contributed by atoms with E-state index in [4.69, 9.17) is 4.74 Å². The van der Waals surface area contributed by atoms with Gasteiger partial charge in [-0.25, -0.2) is 4.98 Å². The molecule has 0 aliphatic rings. The average molecular weight is 154 g/mol. The van der Waals surface area contributed by atoms with Gasteiger partial charge in [0, 0.05) is 18.5 Å². The minimum Gasteiger partial charge on any atom is -0.374 e. The van der Waals surface area contributed by atoms with Crippen molar-refractivity contribution in [2.24, 2.45) is 0 Å². The third kappa shape index (κ3) is 2.35. The van der Waals surface area contributed by atoms with Crippen molar-refractivity contribution in [3.8, 4) is 0 Å². The summed E-state index contributed by atoms with van der Waals surface area (Å²) in [7, 11) is 0. The van der Waals surface area contributed by atoms with Gasteiger partial charge < -0.3 is 9.72 Å². The Labute approximate surface area is 66.8 Å². The standard InChI is InChI=1S/C8H14N2O/c1-3-7-5-9-8(10-7)6-11-4-2/h5H,3-4,6H2,1-2H3,(H,9,10). The molecule has 0 atom stereocenters. The summed E-state index contributed by atoms with van der Waals surface area (Å²) in [5.41, 5.74) is 1.17. The van der Waals surface area contributed by atoms with Gasteiger partial charge in [0.15, 0.2) is 0 Å². The van der Waals surface area contributed by atoms with E-state index < -0.39 is 0 Å². The van der Waals surface area contributed by atoms with Crippen LogP contribution >= 0.6 is 0 Å². The molecule has 1 heterocycles. The van der Waals surface area contributed by atoms with Crippen molar-refractivity contribution < 1.29 is 4.74 Å². The van der Waals surface area contributed by atoms with Crippen LogP contribution in [0.2, 0.25) is 0 Å². The fourth-order valence-corrected chi connectivity index (χ4v) is 0.857. The predicted octanol–water partition coefficient (Wildman–Crippen LogP) is 1.51. The second-order valence-electron chi connectivity index (χ2n) is 2.35. The summed E-state index contributed by atoms with van der Waals surface area (Å²) in [5, 5.41) is 0. The molecule has 62 valence electrons. The Morgan fingerprint density at radius 3 is 2.91 bits per heavy atom. The van der Waals surface area contributed by atoms with Crippen molar-refractivity contribution >= 4 is 0 Å². The fraction of sp³-hybridized carbons (Fsp3) is 0.625. The highest BCUT2D eigenvalue weighted by molar-refractivity contribution is 4.99. The maximum absolute atomic E-state index is 5.18. The summed E-state index contributed by atoms with van der Waals surface area (Å²) in [4.78, 5) is 7.31. The molecular formula is C8H14N2O.